The summed E-state index contributed by atoms with van der Waals surface area (Å²) >= 11 is 12.0. The molecule has 0 radical (unpaired) electrons. The van der Waals surface area contributed by atoms with Gasteiger partial charge >= 0.3 is 5.97 Å². The number of guanidine groups is 1. The Morgan fingerprint density at radius 1 is 1.00 bits per heavy atom. The van der Waals surface area contributed by atoms with E-state index < -0.39 is 28.0 Å². The number of aliphatic carboxylic acids is 1. The van der Waals surface area contributed by atoms with Crippen molar-refractivity contribution in [3.05, 3.63) is 100 Å². The molecule has 4 rings (SSSR count). The molecule has 1 aliphatic heterocycles. The fraction of sp³-hybridized carbons (Fsp3) is 0.222. The number of nitrogens with zero attached hydrogens (tertiary/aromatic N) is 3. The summed E-state index contributed by atoms with van der Waals surface area (Å²) in [4.78, 5) is 16.3. The van der Waals surface area contributed by atoms with Crippen LogP contribution in [0.4, 0.5) is 0 Å². The standard InChI is InChI=1S/C27H26Cl2N4O4S/c1-17(2)24(26(34)35)30-27(32-38(36,37)22-14-12-21(29)13-15-22)33-16-23(18-6-4-3-5-7-18)25(31-33)19-8-10-20(28)11-9-19/h3-15,17,23-24H,16H2,1-2H3,(H,30,32)(H,34,35). The summed E-state index contributed by atoms with van der Waals surface area (Å²) in [6.45, 7) is 3.63. The largest absolute Gasteiger partial charge is 0.480 e. The number of carboxylic acids is 1. The predicted octanol–water partition coefficient (Wildman–Crippen LogP) is 5.24. The summed E-state index contributed by atoms with van der Waals surface area (Å²) in [7, 11) is -4.14. The first-order valence-electron chi connectivity index (χ1n) is 11.8. The van der Waals surface area contributed by atoms with Crippen molar-refractivity contribution in [1.29, 1.82) is 0 Å². The fourth-order valence-corrected chi connectivity index (χ4v) is 5.28. The van der Waals surface area contributed by atoms with Crippen molar-refractivity contribution in [3.8, 4) is 0 Å². The van der Waals surface area contributed by atoms with Crippen molar-refractivity contribution in [2.45, 2.75) is 30.7 Å². The van der Waals surface area contributed by atoms with Crippen LogP contribution >= 0.6 is 23.2 Å². The second-order valence-electron chi connectivity index (χ2n) is 9.08. The van der Waals surface area contributed by atoms with Crippen molar-refractivity contribution in [3.63, 3.8) is 0 Å². The molecule has 3 aromatic carbocycles. The number of carbonyl (C=O) groups is 1. The van der Waals surface area contributed by atoms with Gasteiger partial charge in [-0.15, -0.1) is 0 Å². The Bertz CT molecular complexity index is 1460. The Morgan fingerprint density at radius 3 is 2.13 bits per heavy atom. The molecule has 198 valence electrons. The van der Waals surface area contributed by atoms with Crippen molar-refractivity contribution in [2.24, 2.45) is 16.0 Å². The molecule has 38 heavy (non-hydrogen) atoms. The SMILES string of the molecule is CC(C)C(N=C(NS(=O)(=O)c1ccc(Cl)cc1)N1CC(c2ccccc2)C(c2ccc(Cl)cc2)=N1)C(=O)O. The van der Waals surface area contributed by atoms with Crippen molar-refractivity contribution < 1.29 is 18.3 Å². The van der Waals surface area contributed by atoms with Crippen LogP contribution in [0.5, 0.6) is 0 Å². The number of rotatable bonds is 7. The molecule has 1 heterocycles. The lowest BCUT2D eigenvalue weighted by atomic mass is 9.91. The number of nitrogens with one attached hydrogen (secondary N) is 1. The fourth-order valence-electron chi connectivity index (χ4n) is 4.02. The van der Waals surface area contributed by atoms with E-state index in [1.54, 1.807) is 26.0 Å². The van der Waals surface area contributed by atoms with Crippen molar-refractivity contribution in [1.82, 2.24) is 9.73 Å². The molecule has 2 atom stereocenters. The molecule has 0 spiro atoms. The first-order valence-corrected chi connectivity index (χ1v) is 14.0. The number of halogens is 2. The van der Waals surface area contributed by atoms with Gasteiger partial charge in [-0.2, -0.15) is 5.10 Å². The molecule has 0 aliphatic carbocycles. The Balaban J connectivity index is 1.81. The number of carboxylic acid groups (broad SMARTS) is 1. The van der Waals surface area contributed by atoms with Gasteiger partial charge in [-0.1, -0.05) is 79.5 Å². The van der Waals surface area contributed by atoms with Gasteiger partial charge in [-0.3, -0.25) is 0 Å². The third-order valence-corrected chi connectivity index (χ3v) is 7.84. The lowest BCUT2D eigenvalue weighted by molar-refractivity contribution is -0.139. The average Bonchev–Trinajstić information content (AvgIpc) is 3.33. The van der Waals surface area contributed by atoms with E-state index in [9.17, 15) is 18.3 Å². The zero-order chi connectivity index (χ0) is 27.4. The van der Waals surface area contributed by atoms with E-state index in [2.05, 4.69) is 9.71 Å². The lowest BCUT2D eigenvalue weighted by Crippen LogP contribution is -2.43. The molecule has 0 saturated heterocycles. The van der Waals surface area contributed by atoms with Gasteiger partial charge in [-0.25, -0.2) is 27.9 Å². The van der Waals surface area contributed by atoms with Crippen molar-refractivity contribution >= 4 is 50.9 Å². The van der Waals surface area contributed by atoms with E-state index >= 15 is 0 Å². The van der Waals surface area contributed by atoms with E-state index in [4.69, 9.17) is 28.3 Å². The summed E-state index contributed by atoms with van der Waals surface area (Å²) < 4.78 is 29.1. The van der Waals surface area contributed by atoms with Crippen LogP contribution in [0.25, 0.3) is 0 Å². The lowest BCUT2D eigenvalue weighted by Gasteiger charge is -2.22. The van der Waals surface area contributed by atoms with E-state index in [-0.39, 0.29) is 23.3 Å². The third-order valence-electron chi connectivity index (χ3n) is 6.00. The van der Waals surface area contributed by atoms with Crippen LogP contribution in [0.1, 0.15) is 30.9 Å². The van der Waals surface area contributed by atoms with E-state index in [0.29, 0.717) is 15.8 Å². The summed E-state index contributed by atoms with van der Waals surface area (Å²) in [5, 5.41) is 16.9. The molecule has 2 N–H and O–H groups in total. The maximum Gasteiger partial charge on any atom is 0.328 e. The van der Waals surface area contributed by atoms with Gasteiger partial charge in [-0.05, 0) is 53.4 Å². The number of sulfonamides is 1. The average molecular weight is 574 g/mol. The molecule has 2 unspecified atom stereocenters. The Hall–Kier alpha value is -3.40. The molecule has 11 heteroatoms. The maximum absolute atomic E-state index is 13.3. The third kappa shape index (κ3) is 6.35. The second kappa shape index (κ2) is 11.6. The normalized spacial score (nSPS) is 16.9. The quantitative estimate of drug-likeness (QED) is 0.297. The summed E-state index contributed by atoms with van der Waals surface area (Å²) in [5.41, 5.74) is 2.43. The highest BCUT2D eigenvalue weighted by Crippen LogP contribution is 2.30. The van der Waals surface area contributed by atoms with Crippen LogP contribution in [-0.2, 0) is 14.8 Å². The summed E-state index contributed by atoms with van der Waals surface area (Å²) in [5.74, 6) is -2.02. The molecule has 0 bridgehead atoms. The van der Waals surface area contributed by atoms with Crippen LogP contribution in [0, 0.1) is 5.92 Å². The zero-order valence-electron chi connectivity index (χ0n) is 20.6. The van der Waals surface area contributed by atoms with Gasteiger partial charge in [0.05, 0.1) is 17.2 Å². The summed E-state index contributed by atoms with van der Waals surface area (Å²) in [6, 6.07) is 21.3. The van der Waals surface area contributed by atoms with Crippen LogP contribution in [0.3, 0.4) is 0 Å². The van der Waals surface area contributed by atoms with Gasteiger partial charge in [0.2, 0.25) is 5.96 Å². The predicted molar refractivity (Wildman–Crippen MR) is 149 cm³/mol. The number of aliphatic imine (C=N–C) groups is 1. The van der Waals surface area contributed by atoms with Gasteiger partial charge in [0.1, 0.15) is 0 Å². The van der Waals surface area contributed by atoms with Gasteiger partial charge in [0.25, 0.3) is 10.0 Å². The Labute approximate surface area is 231 Å². The maximum atomic E-state index is 13.3. The minimum absolute atomic E-state index is 0.0493. The van der Waals surface area contributed by atoms with Crippen LogP contribution in [-0.4, -0.2) is 48.8 Å². The van der Waals surface area contributed by atoms with E-state index in [1.807, 2.05) is 42.5 Å². The van der Waals surface area contributed by atoms with Crippen LogP contribution in [0.15, 0.2) is 93.9 Å². The topological polar surface area (TPSA) is 111 Å². The highest BCUT2D eigenvalue weighted by atomic mass is 35.5. The number of hydrogen-bond donors (Lipinski definition) is 2. The Morgan fingerprint density at radius 2 is 1.58 bits per heavy atom. The first kappa shape index (κ1) is 27.6. The van der Waals surface area contributed by atoms with Crippen molar-refractivity contribution in [2.75, 3.05) is 6.54 Å². The second-order valence-corrected chi connectivity index (χ2v) is 11.6. The van der Waals surface area contributed by atoms with Crippen LogP contribution < -0.4 is 4.72 Å². The molecule has 1 aliphatic rings. The minimum atomic E-state index is -4.14. The highest BCUT2D eigenvalue weighted by Gasteiger charge is 2.34. The van der Waals surface area contributed by atoms with E-state index in [0.717, 1.165) is 11.1 Å². The molecule has 0 amide bonds. The summed E-state index contributed by atoms with van der Waals surface area (Å²) in [6.07, 6.45) is 0. The molecular formula is C27H26Cl2N4O4S. The zero-order valence-corrected chi connectivity index (χ0v) is 23.0. The molecule has 0 saturated carbocycles. The number of hydrazone groups is 1. The number of hydrogen-bond acceptors (Lipinski definition) is 5. The highest BCUT2D eigenvalue weighted by molar-refractivity contribution is 7.90. The van der Waals surface area contributed by atoms with Gasteiger partial charge in [0.15, 0.2) is 6.04 Å². The molecular weight excluding hydrogens is 547 g/mol. The number of benzene rings is 3. The van der Waals surface area contributed by atoms with E-state index in [1.165, 1.54) is 29.3 Å². The Kier molecular flexibility index (Phi) is 8.40. The molecule has 3 aromatic rings. The molecule has 0 aromatic heterocycles. The molecule has 0 fully saturated rings. The van der Waals surface area contributed by atoms with Gasteiger partial charge in [0, 0.05) is 16.0 Å². The first-order chi connectivity index (χ1) is 18.0. The van der Waals surface area contributed by atoms with Gasteiger partial charge < -0.3 is 5.11 Å². The molecule has 8 nitrogen and oxygen atoms in total. The van der Waals surface area contributed by atoms with Crippen LogP contribution in [0.2, 0.25) is 10.0 Å². The monoisotopic (exact) mass is 572 g/mol. The minimum Gasteiger partial charge on any atom is -0.480 e. The smallest absolute Gasteiger partial charge is 0.328 e.